The Labute approximate surface area is 121 Å². The maximum atomic E-state index is 13.2. The standard InChI is InChI=1S/C16H14FN3O/c1-10-6-11(2-4-13(10)17)8-18-16(21)12-3-5-14-15(7-12)20-9-19-14/h2-7,9H,8H2,1H3,(H,18,21)(H,19,20). The maximum absolute atomic E-state index is 13.2. The van der Waals surface area contributed by atoms with Crippen molar-refractivity contribution in [3.8, 4) is 0 Å². The van der Waals surface area contributed by atoms with Gasteiger partial charge in [-0.2, -0.15) is 0 Å². The minimum atomic E-state index is -0.241. The van der Waals surface area contributed by atoms with E-state index in [-0.39, 0.29) is 11.7 Å². The fourth-order valence-electron chi connectivity index (χ4n) is 2.18. The third-order valence-electron chi connectivity index (χ3n) is 3.36. The summed E-state index contributed by atoms with van der Waals surface area (Å²) in [4.78, 5) is 19.2. The summed E-state index contributed by atoms with van der Waals surface area (Å²) in [5.74, 6) is -0.414. The highest BCUT2D eigenvalue weighted by molar-refractivity contribution is 5.97. The lowest BCUT2D eigenvalue weighted by Gasteiger charge is -2.07. The number of rotatable bonds is 3. The zero-order chi connectivity index (χ0) is 14.8. The van der Waals surface area contributed by atoms with Crippen molar-refractivity contribution in [3.05, 3.63) is 65.2 Å². The number of hydrogen-bond donors (Lipinski definition) is 2. The normalized spacial score (nSPS) is 10.8. The lowest BCUT2D eigenvalue weighted by molar-refractivity contribution is 0.0951. The number of aromatic amines is 1. The Morgan fingerprint density at radius 2 is 2.14 bits per heavy atom. The quantitative estimate of drug-likeness (QED) is 0.776. The van der Waals surface area contributed by atoms with Crippen molar-refractivity contribution in [1.29, 1.82) is 0 Å². The fraction of sp³-hybridized carbons (Fsp3) is 0.125. The molecule has 1 aromatic heterocycles. The molecule has 0 aliphatic rings. The Morgan fingerprint density at radius 3 is 2.95 bits per heavy atom. The number of carbonyl (C=O) groups excluding carboxylic acids is 1. The first kappa shape index (κ1) is 13.3. The molecule has 2 aromatic carbocycles. The molecule has 106 valence electrons. The van der Waals surface area contributed by atoms with Gasteiger partial charge in [-0.15, -0.1) is 0 Å². The molecular weight excluding hydrogens is 269 g/mol. The second-order valence-corrected chi connectivity index (χ2v) is 4.90. The van der Waals surface area contributed by atoms with Gasteiger partial charge in [0.05, 0.1) is 17.4 Å². The van der Waals surface area contributed by atoms with E-state index in [2.05, 4.69) is 15.3 Å². The molecule has 4 nitrogen and oxygen atoms in total. The SMILES string of the molecule is Cc1cc(CNC(=O)c2ccc3nc[nH]c3c2)ccc1F. The number of imidazole rings is 1. The van der Waals surface area contributed by atoms with E-state index in [1.807, 2.05) is 0 Å². The summed E-state index contributed by atoms with van der Waals surface area (Å²) in [6.07, 6.45) is 1.59. The summed E-state index contributed by atoms with van der Waals surface area (Å²) >= 11 is 0. The highest BCUT2D eigenvalue weighted by Gasteiger charge is 2.07. The van der Waals surface area contributed by atoms with Gasteiger partial charge in [-0.05, 0) is 42.3 Å². The summed E-state index contributed by atoms with van der Waals surface area (Å²) in [5.41, 5.74) is 3.64. The molecule has 5 heteroatoms. The van der Waals surface area contributed by atoms with Crippen molar-refractivity contribution in [1.82, 2.24) is 15.3 Å². The van der Waals surface area contributed by atoms with Crippen LogP contribution in [0.15, 0.2) is 42.7 Å². The van der Waals surface area contributed by atoms with Crippen LogP contribution in [-0.4, -0.2) is 15.9 Å². The largest absolute Gasteiger partial charge is 0.348 e. The van der Waals surface area contributed by atoms with Crippen molar-refractivity contribution in [2.75, 3.05) is 0 Å². The molecule has 0 radical (unpaired) electrons. The first-order valence-corrected chi connectivity index (χ1v) is 6.60. The first-order chi connectivity index (χ1) is 10.1. The van der Waals surface area contributed by atoms with E-state index in [1.54, 1.807) is 43.6 Å². The molecule has 0 fully saturated rings. The van der Waals surface area contributed by atoms with Crippen LogP contribution in [0.1, 0.15) is 21.5 Å². The van der Waals surface area contributed by atoms with Gasteiger partial charge in [-0.25, -0.2) is 9.37 Å². The van der Waals surface area contributed by atoms with E-state index < -0.39 is 0 Å². The van der Waals surface area contributed by atoms with Crippen LogP contribution in [0.5, 0.6) is 0 Å². The molecule has 0 saturated carbocycles. The lowest BCUT2D eigenvalue weighted by atomic mass is 10.1. The van der Waals surface area contributed by atoms with Crippen molar-refractivity contribution < 1.29 is 9.18 Å². The van der Waals surface area contributed by atoms with Gasteiger partial charge in [-0.1, -0.05) is 12.1 Å². The predicted octanol–water partition coefficient (Wildman–Crippen LogP) is 2.94. The number of aromatic nitrogens is 2. The Bertz CT molecular complexity index is 810. The number of aryl methyl sites for hydroxylation is 1. The Kier molecular flexibility index (Phi) is 3.39. The number of H-pyrrole nitrogens is 1. The first-order valence-electron chi connectivity index (χ1n) is 6.60. The number of carbonyl (C=O) groups is 1. The van der Waals surface area contributed by atoms with Crippen LogP contribution in [0, 0.1) is 12.7 Å². The highest BCUT2D eigenvalue weighted by Crippen LogP contribution is 2.12. The van der Waals surface area contributed by atoms with Gasteiger partial charge in [-0.3, -0.25) is 4.79 Å². The van der Waals surface area contributed by atoms with Crippen LogP contribution >= 0.6 is 0 Å². The number of hydrogen-bond acceptors (Lipinski definition) is 2. The van der Waals surface area contributed by atoms with Crippen molar-refractivity contribution in [2.24, 2.45) is 0 Å². The van der Waals surface area contributed by atoms with Gasteiger partial charge in [0.25, 0.3) is 5.91 Å². The van der Waals surface area contributed by atoms with E-state index in [1.165, 1.54) is 6.07 Å². The van der Waals surface area contributed by atoms with Crippen LogP contribution in [0.25, 0.3) is 11.0 Å². The van der Waals surface area contributed by atoms with Crippen LogP contribution in [0.2, 0.25) is 0 Å². The average molecular weight is 283 g/mol. The third-order valence-corrected chi connectivity index (χ3v) is 3.36. The molecule has 0 aliphatic heterocycles. The summed E-state index contributed by atoms with van der Waals surface area (Å²) < 4.78 is 13.2. The molecule has 1 heterocycles. The van der Waals surface area contributed by atoms with Crippen LogP contribution in [-0.2, 0) is 6.54 Å². The van der Waals surface area contributed by atoms with Gasteiger partial charge >= 0.3 is 0 Å². The van der Waals surface area contributed by atoms with Gasteiger partial charge in [0, 0.05) is 12.1 Å². The van der Waals surface area contributed by atoms with E-state index in [0.717, 1.165) is 16.6 Å². The van der Waals surface area contributed by atoms with E-state index in [9.17, 15) is 9.18 Å². The Morgan fingerprint density at radius 1 is 1.29 bits per heavy atom. The predicted molar refractivity (Wildman–Crippen MR) is 78.4 cm³/mol. The van der Waals surface area contributed by atoms with Gasteiger partial charge in [0.2, 0.25) is 0 Å². The number of amides is 1. The van der Waals surface area contributed by atoms with Crippen molar-refractivity contribution in [3.63, 3.8) is 0 Å². The highest BCUT2D eigenvalue weighted by atomic mass is 19.1. The zero-order valence-corrected chi connectivity index (χ0v) is 11.5. The smallest absolute Gasteiger partial charge is 0.251 e. The number of fused-ring (bicyclic) bond motifs is 1. The summed E-state index contributed by atoms with van der Waals surface area (Å²) in [5, 5.41) is 2.82. The summed E-state index contributed by atoms with van der Waals surface area (Å²) in [7, 11) is 0. The van der Waals surface area contributed by atoms with E-state index >= 15 is 0 Å². The maximum Gasteiger partial charge on any atom is 0.251 e. The molecule has 0 unspecified atom stereocenters. The molecule has 0 spiro atoms. The third kappa shape index (κ3) is 2.76. The lowest BCUT2D eigenvalue weighted by Crippen LogP contribution is -2.22. The molecule has 2 N–H and O–H groups in total. The molecule has 0 saturated heterocycles. The van der Waals surface area contributed by atoms with E-state index in [0.29, 0.717) is 17.7 Å². The number of nitrogens with one attached hydrogen (secondary N) is 2. The van der Waals surface area contributed by atoms with Gasteiger partial charge < -0.3 is 10.3 Å². The van der Waals surface area contributed by atoms with Crippen molar-refractivity contribution in [2.45, 2.75) is 13.5 Å². The Hall–Kier alpha value is -2.69. The molecule has 0 atom stereocenters. The molecule has 1 amide bonds. The minimum Gasteiger partial charge on any atom is -0.348 e. The zero-order valence-electron chi connectivity index (χ0n) is 11.5. The monoisotopic (exact) mass is 283 g/mol. The second-order valence-electron chi connectivity index (χ2n) is 4.90. The van der Waals surface area contributed by atoms with E-state index in [4.69, 9.17) is 0 Å². The number of benzene rings is 2. The van der Waals surface area contributed by atoms with Crippen LogP contribution in [0.3, 0.4) is 0 Å². The molecular formula is C16H14FN3O. The topological polar surface area (TPSA) is 57.8 Å². The van der Waals surface area contributed by atoms with Crippen molar-refractivity contribution >= 4 is 16.9 Å². The van der Waals surface area contributed by atoms with Gasteiger partial charge in [0.1, 0.15) is 5.82 Å². The molecule has 21 heavy (non-hydrogen) atoms. The fourth-order valence-corrected chi connectivity index (χ4v) is 2.18. The number of halogens is 1. The summed E-state index contributed by atoms with van der Waals surface area (Å²) in [6.45, 7) is 2.06. The molecule has 0 bridgehead atoms. The summed E-state index contributed by atoms with van der Waals surface area (Å²) in [6, 6.07) is 10.1. The second kappa shape index (κ2) is 5.36. The average Bonchev–Trinajstić information content (AvgIpc) is 2.95. The molecule has 0 aliphatic carbocycles. The van der Waals surface area contributed by atoms with Crippen LogP contribution in [0.4, 0.5) is 4.39 Å². The minimum absolute atomic E-state index is 0.173. The van der Waals surface area contributed by atoms with Crippen LogP contribution < -0.4 is 5.32 Å². The van der Waals surface area contributed by atoms with Gasteiger partial charge in [0.15, 0.2) is 0 Å². The number of nitrogens with zero attached hydrogens (tertiary/aromatic N) is 1. The molecule has 3 aromatic rings. The Balaban J connectivity index is 1.72. The molecule has 3 rings (SSSR count).